The number of carbonyl (C=O) groups excluding carboxylic acids is 1. The molecule has 0 aromatic heterocycles. The Hall–Kier alpha value is -3.03. The van der Waals surface area contributed by atoms with Gasteiger partial charge in [0, 0.05) is 24.2 Å². The number of likely N-dealkylation sites (tertiary alicyclic amines) is 1. The minimum absolute atomic E-state index is 0.0893. The molecule has 1 aliphatic heterocycles. The van der Waals surface area contributed by atoms with Crippen molar-refractivity contribution in [2.75, 3.05) is 33.5 Å². The molecule has 3 rings (SSSR count). The highest BCUT2D eigenvalue weighted by Crippen LogP contribution is 2.28. The lowest BCUT2D eigenvalue weighted by Crippen LogP contribution is -2.46. The summed E-state index contributed by atoms with van der Waals surface area (Å²) in [7, 11) is 1.57. The highest BCUT2D eigenvalue weighted by Gasteiger charge is 2.19. The Balaban J connectivity index is 1.61. The van der Waals surface area contributed by atoms with E-state index in [1.165, 1.54) is 12.1 Å². The van der Waals surface area contributed by atoms with Crippen LogP contribution in [0.25, 0.3) is 6.08 Å². The van der Waals surface area contributed by atoms with E-state index < -0.39 is 0 Å². The molecule has 0 spiro atoms. The van der Waals surface area contributed by atoms with E-state index in [0.29, 0.717) is 17.0 Å². The molecule has 2 N–H and O–H groups in total. The molecular formula is C24H28FN3O3. The van der Waals surface area contributed by atoms with Gasteiger partial charge in [-0.3, -0.25) is 10.1 Å². The van der Waals surface area contributed by atoms with Crippen LogP contribution in [-0.2, 0) is 16.1 Å². The molecular weight excluding hydrogens is 397 g/mol. The van der Waals surface area contributed by atoms with Crippen LogP contribution in [-0.4, -0.2) is 50.0 Å². The number of hydrogen-bond acceptors (Lipinski definition) is 5. The summed E-state index contributed by atoms with van der Waals surface area (Å²) >= 11 is 0. The van der Waals surface area contributed by atoms with Crippen LogP contribution in [0.5, 0.6) is 5.75 Å². The molecule has 2 aromatic carbocycles. The molecule has 0 atom stereocenters. The third-order valence-corrected chi connectivity index (χ3v) is 5.18. The van der Waals surface area contributed by atoms with E-state index in [2.05, 4.69) is 5.32 Å². The molecule has 0 aliphatic carbocycles. The number of benzene rings is 2. The Kier molecular flexibility index (Phi) is 7.92. The summed E-state index contributed by atoms with van der Waals surface area (Å²) in [6.45, 7) is 4.39. The number of methoxy groups -OCH3 is 1. The first kappa shape index (κ1) is 22.7. The molecule has 1 saturated heterocycles. The minimum Gasteiger partial charge on any atom is -0.496 e. The van der Waals surface area contributed by atoms with Crippen molar-refractivity contribution >= 4 is 17.7 Å². The Labute approximate surface area is 182 Å². The predicted octanol–water partition coefficient (Wildman–Crippen LogP) is 3.52. The van der Waals surface area contributed by atoms with Gasteiger partial charge in [-0.25, -0.2) is 4.39 Å². The Bertz CT molecular complexity index is 953. The normalized spacial score (nSPS) is 13.3. The van der Waals surface area contributed by atoms with Crippen LogP contribution in [0.3, 0.4) is 0 Å². The van der Waals surface area contributed by atoms with E-state index in [1.54, 1.807) is 31.4 Å². The summed E-state index contributed by atoms with van der Waals surface area (Å²) in [5, 5.41) is 11.5. The molecule has 1 heterocycles. The minimum atomic E-state index is -0.295. The molecule has 0 unspecified atom stereocenters. The second-order valence-electron chi connectivity index (χ2n) is 7.40. The number of rotatable bonds is 10. The summed E-state index contributed by atoms with van der Waals surface area (Å²) in [4.78, 5) is 13.6. The molecule has 31 heavy (non-hydrogen) atoms. The summed E-state index contributed by atoms with van der Waals surface area (Å²) < 4.78 is 24.4. The monoisotopic (exact) mass is 425 g/mol. The van der Waals surface area contributed by atoms with Crippen molar-refractivity contribution in [3.8, 4) is 5.75 Å². The lowest BCUT2D eigenvalue weighted by molar-refractivity contribution is -0.134. The molecule has 1 aliphatic rings. The van der Waals surface area contributed by atoms with Crippen molar-refractivity contribution in [1.82, 2.24) is 10.2 Å². The van der Waals surface area contributed by atoms with Gasteiger partial charge in [0.1, 0.15) is 11.6 Å². The van der Waals surface area contributed by atoms with Gasteiger partial charge in [-0.15, -0.1) is 0 Å². The molecule has 1 amide bonds. The van der Waals surface area contributed by atoms with Gasteiger partial charge >= 0.3 is 0 Å². The Morgan fingerprint density at radius 3 is 2.61 bits per heavy atom. The standard InChI is InChI=1S/C24H28FN3O3/c1-17-4-8-19(15-31-16-27-14-22(29)28-12-3-13-28)24(30-2)23(17)21(26)11-7-18-5-9-20(25)10-6-18/h4-11,26-27H,3,12-16H2,1-2H3/b11-7+,26-21?. The zero-order valence-corrected chi connectivity index (χ0v) is 17.9. The first-order valence-corrected chi connectivity index (χ1v) is 10.2. The number of carbonyl (C=O) groups is 1. The van der Waals surface area contributed by atoms with E-state index in [1.807, 2.05) is 24.0 Å². The van der Waals surface area contributed by atoms with Crippen molar-refractivity contribution in [3.05, 3.63) is 70.5 Å². The number of allylic oxidation sites excluding steroid dienone is 1. The van der Waals surface area contributed by atoms with Crippen LogP contribution >= 0.6 is 0 Å². The van der Waals surface area contributed by atoms with Gasteiger partial charge in [-0.2, -0.15) is 0 Å². The van der Waals surface area contributed by atoms with Crippen molar-refractivity contribution in [1.29, 1.82) is 5.41 Å². The molecule has 1 fully saturated rings. The maximum absolute atomic E-state index is 13.1. The smallest absolute Gasteiger partial charge is 0.236 e. The lowest BCUT2D eigenvalue weighted by Gasteiger charge is -2.30. The van der Waals surface area contributed by atoms with E-state index in [0.717, 1.165) is 36.2 Å². The third kappa shape index (κ3) is 5.99. The molecule has 7 heteroatoms. The van der Waals surface area contributed by atoms with Gasteiger partial charge in [-0.05, 0) is 42.7 Å². The second kappa shape index (κ2) is 10.8. The molecule has 0 radical (unpaired) electrons. The number of ether oxygens (including phenoxy) is 2. The molecule has 0 saturated carbocycles. The topological polar surface area (TPSA) is 74.7 Å². The molecule has 0 bridgehead atoms. The lowest BCUT2D eigenvalue weighted by atomic mass is 9.98. The van der Waals surface area contributed by atoms with Gasteiger partial charge in [0.05, 0.1) is 32.7 Å². The van der Waals surface area contributed by atoms with Gasteiger partial charge in [0.2, 0.25) is 5.91 Å². The van der Waals surface area contributed by atoms with E-state index in [-0.39, 0.29) is 31.6 Å². The van der Waals surface area contributed by atoms with Crippen LogP contribution in [0.2, 0.25) is 0 Å². The van der Waals surface area contributed by atoms with Crippen molar-refractivity contribution in [2.45, 2.75) is 20.0 Å². The zero-order chi connectivity index (χ0) is 22.2. The average Bonchev–Trinajstić information content (AvgIpc) is 2.72. The van der Waals surface area contributed by atoms with Crippen LogP contribution < -0.4 is 10.1 Å². The van der Waals surface area contributed by atoms with E-state index >= 15 is 0 Å². The molecule has 2 aromatic rings. The quantitative estimate of drug-likeness (QED) is 0.347. The number of amides is 1. The van der Waals surface area contributed by atoms with Crippen molar-refractivity contribution in [2.24, 2.45) is 0 Å². The van der Waals surface area contributed by atoms with Gasteiger partial charge < -0.3 is 19.8 Å². The maximum Gasteiger partial charge on any atom is 0.236 e. The first-order chi connectivity index (χ1) is 15.0. The SMILES string of the molecule is COc1c(COCNCC(=O)N2CCC2)ccc(C)c1C(=N)/C=C/c1ccc(F)cc1. The zero-order valence-electron chi connectivity index (χ0n) is 17.9. The van der Waals surface area contributed by atoms with E-state index in [4.69, 9.17) is 14.9 Å². The van der Waals surface area contributed by atoms with Gasteiger partial charge in [-0.1, -0.05) is 30.3 Å². The highest BCUT2D eigenvalue weighted by atomic mass is 19.1. The average molecular weight is 426 g/mol. The van der Waals surface area contributed by atoms with Crippen molar-refractivity contribution < 1.29 is 18.7 Å². The summed E-state index contributed by atoms with van der Waals surface area (Å²) in [6.07, 6.45) is 4.51. The summed E-state index contributed by atoms with van der Waals surface area (Å²) in [5.41, 5.74) is 3.51. The summed E-state index contributed by atoms with van der Waals surface area (Å²) in [5.74, 6) is 0.383. The number of nitrogens with zero attached hydrogens (tertiary/aromatic N) is 1. The number of nitrogens with one attached hydrogen (secondary N) is 2. The largest absolute Gasteiger partial charge is 0.496 e. The Morgan fingerprint density at radius 1 is 1.23 bits per heavy atom. The summed E-state index contributed by atoms with van der Waals surface area (Å²) in [6, 6.07) is 9.94. The van der Waals surface area contributed by atoms with Crippen LogP contribution in [0, 0.1) is 18.2 Å². The molecule has 6 nitrogen and oxygen atoms in total. The fourth-order valence-electron chi connectivity index (χ4n) is 3.31. The fourth-order valence-corrected chi connectivity index (χ4v) is 3.31. The third-order valence-electron chi connectivity index (χ3n) is 5.18. The van der Waals surface area contributed by atoms with E-state index in [9.17, 15) is 9.18 Å². The van der Waals surface area contributed by atoms with Crippen LogP contribution in [0.4, 0.5) is 4.39 Å². The first-order valence-electron chi connectivity index (χ1n) is 10.2. The van der Waals surface area contributed by atoms with Crippen molar-refractivity contribution in [3.63, 3.8) is 0 Å². The highest BCUT2D eigenvalue weighted by molar-refractivity contribution is 6.11. The second-order valence-corrected chi connectivity index (χ2v) is 7.40. The van der Waals surface area contributed by atoms with Crippen LogP contribution in [0.1, 0.15) is 28.7 Å². The maximum atomic E-state index is 13.1. The number of hydrogen-bond donors (Lipinski definition) is 2. The Morgan fingerprint density at radius 2 is 1.97 bits per heavy atom. The number of aryl methyl sites for hydroxylation is 1. The number of halogens is 1. The molecule has 164 valence electrons. The van der Waals surface area contributed by atoms with Gasteiger partial charge in [0.25, 0.3) is 0 Å². The van der Waals surface area contributed by atoms with Gasteiger partial charge in [0.15, 0.2) is 0 Å². The fraction of sp³-hybridized carbons (Fsp3) is 0.333. The predicted molar refractivity (Wildman–Crippen MR) is 119 cm³/mol. The van der Waals surface area contributed by atoms with Crippen LogP contribution in [0.15, 0.2) is 42.5 Å².